The summed E-state index contributed by atoms with van der Waals surface area (Å²) in [5, 5.41) is 0. The molecule has 2 heterocycles. The molecule has 2 aliphatic heterocycles. The minimum Gasteiger partial charge on any atom is -0.381 e. The highest BCUT2D eigenvalue weighted by atomic mass is 32.2. The smallest absolute Gasteiger partial charge is 0.246 e. The quantitative estimate of drug-likeness (QED) is 0.768. The molecule has 0 unspecified atom stereocenters. The van der Waals surface area contributed by atoms with Gasteiger partial charge < -0.3 is 14.5 Å². The molecule has 0 radical (unpaired) electrons. The van der Waals surface area contributed by atoms with Gasteiger partial charge in [-0.05, 0) is 26.2 Å². The van der Waals surface area contributed by atoms with E-state index in [9.17, 15) is 9.59 Å². The average Bonchev–Trinajstić information content (AvgIpc) is 3.33. The zero-order valence-corrected chi connectivity index (χ0v) is 14.9. The summed E-state index contributed by atoms with van der Waals surface area (Å²) in [6.07, 6.45) is 5.33. The number of thioether (sulfide) groups is 1. The Kier molecular flexibility index (Phi) is 5.85. The summed E-state index contributed by atoms with van der Waals surface area (Å²) in [7, 11) is 0. The van der Waals surface area contributed by atoms with Crippen molar-refractivity contribution in [1.29, 1.82) is 0 Å². The molecule has 0 aromatic heterocycles. The van der Waals surface area contributed by atoms with Crippen LogP contribution in [0.2, 0.25) is 0 Å². The first-order valence-electron chi connectivity index (χ1n) is 8.95. The Morgan fingerprint density at radius 1 is 1.26 bits per heavy atom. The third-order valence-electron chi connectivity index (χ3n) is 5.35. The lowest BCUT2D eigenvalue weighted by molar-refractivity contribution is -0.145. The third-order valence-corrected chi connectivity index (χ3v) is 6.36. The second-order valence-electron chi connectivity index (χ2n) is 6.91. The number of nitrogens with zero attached hydrogens (tertiary/aromatic N) is 2. The largest absolute Gasteiger partial charge is 0.381 e. The molecule has 3 fully saturated rings. The number of carbonyl (C=O) groups is 2. The summed E-state index contributed by atoms with van der Waals surface area (Å²) in [6.45, 7) is 5.07. The molecule has 3 rings (SSSR count). The van der Waals surface area contributed by atoms with Crippen molar-refractivity contribution in [3.8, 4) is 0 Å². The van der Waals surface area contributed by atoms with Gasteiger partial charge in [-0.25, -0.2) is 0 Å². The number of amides is 2. The maximum Gasteiger partial charge on any atom is 0.246 e. The van der Waals surface area contributed by atoms with Crippen LogP contribution in [0.15, 0.2) is 0 Å². The molecule has 0 aromatic carbocycles. The van der Waals surface area contributed by atoms with Crippen molar-refractivity contribution in [2.24, 2.45) is 11.8 Å². The fourth-order valence-corrected chi connectivity index (χ4v) is 5.05. The molecular formula is C17H28N2O3S. The molecule has 3 aliphatic rings. The third kappa shape index (κ3) is 3.85. The van der Waals surface area contributed by atoms with E-state index in [2.05, 4.69) is 0 Å². The van der Waals surface area contributed by atoms with Crippen LogP contribution in [0, 0.1) is 11.8 Å². The molecule has 0 spiro atoms. The van der Waals surface area contributed by atoms with Crippen molar-refractivity contribution in [3.05, 3.63) is 0 Å². The molecular weight excluding hydrogens is 312 g/mol. The highest BCUT2D eigenvalue weighted by molar-refractivity contribution is 7.99. The van der Waals surface area contributed by atoms with E-state index in [4.69, 9.17) is 4.74 Å². The molecule has 6 heteroatoms. The van der Waals surface area contributed by atoms with Gasteiger partial charge in [0, 0.05) is 37.3 Å². The van der Waals surface area contributed by atoms with Crippen LogP contribution in [-0.4, -0.2) is 65.6 Å². The van der Waals surface area contributed by atoms with Crippen molar-refractivity contribution in [2.45, 2.75) is 45.1 Å². The average molecular weight is 340 g/mol. The number of ether oxygens (including phenoxy) is 1. The molecule has 130 valence electrons. The van der Waals surface area contributed by atoms with Gasteiger partial charge in [-0.2, -0.15) is 0 Å². The van der Waals surface area contributed by atoms with E-state index in [0.717, 1.165) is 57.6 Å². The topological polar surface area (TPSA) is 49.9 Å². The molecule has 5 nitrogen and oxygen atoms in total. The molecule has 0 aromatic rings. The number of likely N-dealkylation sites (N-methyl/N-ethyl adjacent to an activating group) is 1. The van der Waals surface area contributed by atoms with Crippen molar-refractivity contribution in [2.75, 3.05) is 37.9 Å². The Balaban J connectivity index is 1.62. The van der Waals surface area contributed by atoms with Gasteiger partial charge in [-0.15, -0.1) is 11.8 Å². The van der Waals surface area contributed by atoms with Crippen LogP contribution in [0.4, 0.5) is 0 Å². The Hall–Kier alpha value is -0.750. The van der Waals surface area contributed by atoms with Gasteiger partial charge in [0.05, 0.1) is 12.5 Å². The molecule has 1 saturated carbocycles. The summed E-state index contributed by atoms with van der Waals surface area (Å²) in [5.41, 5.74) is 0. The van der Waals surface area contributed by atoms with Crippen molar-refractivity contribution in [1.82, 2.24) is 9.80 Å². The zero-order chi connectivity index (χ0) is 16.2. The minimum absolute atomic E-state index is 0.135. The molecule has 23 heavy (non-hydrogen) atoms. The fraction of sp³-hybridized carbons (Fsp3) is 0.882. The zero-order valence-electron chi connectivity index (χ0n) is 14.0. The summed E-state index contributed by atoms with van der Waals surface area (Å²) in [4.78, 5) is 29.5. The van der Waals surface area contributed by atoms with Gasteiger partial charge in [0.2, 0.25) is 11.8 Å². The van der Waals surface area contributed by atoms with E-state index in [-0.39, 0.29) is 23.8 Å². The van der Waals surface area contributed by atoms with Crippen LogP contribution in [0.25, 0.3) is 0 Å². The number of carbonyl (C=O) groups excluding carboxylic acids is 2. The Bertz CT molecular complexity index is 434. The van der Waals surface area contributed by atoms with Crippen LogP contribution < -0.4 is 0 Å². The first-order chi connectivity index (χ1) is 11.2. The number of hydrogen-bond donors (Lipinski definition) is 0. The van der Waals surface area contributed by atoms with Crippen molar-refractivity contribution < 1.29 is 14.3 Å². The SMILES string of the molecule is CCN(C[C@@H]1CCOC1)C(=O)[C@H]1CSCN1C(=O)C1CCCC1. The first kappa shape index (κ1) is 17.1. The lowest BCUT2D eigenvalue weighted by atomic mass is 10.1. The Labute approximate surface area is 143 Å². The molecule has 0 bridgehead atoms. The van der Waals surface area contributed by atoms with E-state index in [1.165, 1.54) is 0 Å². The second kappa shape index (κ2) is 7.88. The van der Waals surface area contributed by atoms with Crippen molar-refractivity contribution in [3.63, 3.8) is 0 Å². The van der Waals surface area contributed by atoms with E-state index in [1.807, 2.05) is 16.7 Å². The standard InChI is InChI=1S/C17H28N2O3S/c1-2-18(9-13-7-8-22-10-13)17(21)15-11-23-12-19(15)16(20)14-5-3-4-6-14/h13-15H,2-12H2,1H3/t13-,15+/m0/s1. The predicted octanol–water partition coefficient (Wildman–Crippen LogP) is 1.96. The number of hydrogen-bond acceptors (Lipinski definition) is 4. The normalized spacial score (nSPS) is 28.5. The minimum atomic E-state index is -0.254. The van der Waals surface area contributed by atoms with Crippen LogP contribution >= 0.6 is 11.8 Å². The van der Waals surface area contributed by atoms with Crippen LogP contribution in [-0.2, 0) is 14.3 Å². The fourth-order valence-electron chi connectivity index (χ4n) is 3.90. The van der Waals surface area contributed by atoms with E-state index >= 15 is 0 Å². The van der Waals surface area contributed by atoms with Gasteiger partial charge in [0.1, 0.15) is 6.04 Å². The van der Waals surface area contributed by atoms with Crippen molar-refractivity contribution >= 4 is 23.6 Å². The first-order valence-corrected chi connectivity index (χ1v) is 10.1. The highest BCUT2D eigenvalue weighted by Gasteiger charge is 2.40. The Morgan fingerprint density at radius 3 is 2.70 bits per heavy atom. The molecule has 1 aliphatic carbocycles. The van der Waals surface area contributed by atoms with Gasteiger partial charge in [0.15, 0.2) is 0 Å². The van der Waals surface area contributed by atoms with Crippen LogP contribution in [0.3, 0.4) is 0 Å². The van der Waals surface area contributed by atoms with E-state index in [1.54, 1.807) is 11.8 Å². The molecule has 2 amide bonds. The van der Waals surface area contributed by atoms with Gasteiger partial charge in [-0.1, -0.05) is 12.8 Å². The lowest BCUT2D eigenvalue weighted by Crippen LogP contribution is -2.51. The molecule has 2 atom stereocenters. The summed E-state index contributed by atoms with van der Waals surface area (Å²) in [6, 6.07) is -0.254. The maximum atomic E-state index is 13.0. The second-order valence-corrected chi connectivity index (χ2v) is 7.91. The van der Waals surface area contributed by atoms with Crippen LogP contribution in [0.5, 0.6) is 0 Å². The van der Waals surface area contributed by atoms with Gasteiger partial charge >= 0.3 is 0 Å². The van der Waals surface area contributed by atoms with Gasteiger partial charge in [0.25, 0.3) is 0 Å². The Morgan fingerprint density at radius 2 is 2.04 bits per heavy atom. The number of rotatable bonds is 5. The molecule has 0 N–H and O–H groups in total. The maximum absolute atomic E-state index is 13.0. The predicted molar refractivity (Wildman–Crippen MR) is 91.1 cm³/mol. The summed E-state index contributed by atoms with van der Waals surface area (Å²) in [5.74, 6) is 2.38. The monoisotopic (exact) mass is 340 g/mol. The highest BCUT2D eigenvalue weighted by Crippen LogP contribution is 2.31. The molecule has 2 saturated heterocycles. The summed E-state index contributed by atoms with van der Waals surface area (Å²) < 4.78 is 5.43. The van der Waals surface area contributed by atoms with Gasteiger partial charge in [-0.3, -0.25) is 9.59 Å². The van der Waals surface area contributed by atoms with E-state index in [0.29, 0.717) is 18.3 Å². The van der Waals surface area contributed by atoms with Crippen LogP contribution in [0.1, 0.15) is 39.0 Å². The van der Waals surface area contributed by atoms with E-state index < -0.39 is 0 Å². The lowest BCUT2D eigenvalue weighted by Gasteiger charge is -2.31. The summed E-state index contributed by atoms with van der Waals surface area (Å²) >= 11 is 1.71.